The van der Waals surface area contributed by atoms with Crippen LogP contribution in [0.4, 0.5) is 4.79 Å². The number of nitrogens with one attached hydrogen (secondary N) is 1. The van der Waals surface area contributed by atoms with E-state index < -0.39 is 18.1 Å². The summed E-state index contributed by atoms with van der Waals surface area (Å²) in [6.07, 6.45) is -0.532. The number of rotatable bonds is 5. The highest BCUT2D eigenvalue weighted by molar-refractivity contribution is 5.81. The van der Waals surface area contributed by atoms with Crippen LogP contribution < -0.4 is 5.32 Å². The second-order valence-corrected chi connectivity index (χ2v) is 8.22. The van der Waals surface area contributed by atoms with E-state index in [4.69, 9.17) is 9.47 Å². The van der Waals surface area contributed by atoms with Gasteiger partial charge in [0.15, 0.2) is 0 Å². The minimum Gasteiger partial charge on any atom is -0.466 e. The average Bonchev–Trinajstić information content (AvgIpc) is 2.83. The third-order valence-corrected chi connectivity index (χ3v) is 6.49. The van der Waals surface area contributed by atoms with Gasteiger partial charge < -0.3 is 14.8 Å². The van der Waals surface area contributed by atoms with Gasteiger partial charge in [-0.25, -0.2) is 4.79 Å². The van der Waals surface area contributed by atoms with Gasteiger partial charge in [-0.1, -0.05) is 78.9 Å². The Morgan fingerprint density at radius 2 is 1.28 bits per heavy atom. The zero-order valence-electron chi connectivity index (χ0n) is 17.9. The van der Waals surface area contributed by atoms with Crippen LogP contribution >= 0.6 is 0 Å². The molecule has 1 N–H and O–H groups in total. The molecule has 0 spiro atoms. The Morgan fingerprint density at radius 1 is 0.750 bits per heavy atom. The first kappa shape index (κ1) is 20.3. The van der Waals surface area contributed by atoms with Crippen molar-refractivity contribution >= 4 is 12.1 Å². The molecule has 1 amide bonds. The topological polar surface area (TPSA) is 64.6 Å². The van der Waals surface area contributed by atoms with Gasteiger partial charge in [0.05, 0.1) is 18.6 Å². The predicted molar refractivity (Wildman–Crippen MR) is 120 cm³/mol. The van der Waals surface area contributed by atoms with Crippen LogP contribution in [0.1, 0.15) is 46.6 Å². The van der Waals surface area contributed by atoms with E-state index in [1.807, 2.05) is 54.6 Å². The smallest absolute Gasteiger partial charge is 0.407 e. The van der Waals surface area contributed by atoms with Crippen LogP contribution in [0.15, 0.2) is 78.9 Å². The number of alkyl carbamates (subject to hydrolysis) is 1. The van der Waals surface area contributed by atoms with Crippen LogP contribution in [-0.2, 0) is 20.9 Å². The summed E-state index contributed by atoms with van der Waals surface area (Å²) in [7, 11) is 0. The number of hydrogen-bond donors (Lipinski definition) is 1. The maximum absolute atomic E-state index is 13.2. The molecule has 3 aliphatic rings. The number of carbonyl (C=O) groups excluding carboxylic acids is 2. The van der Waals surface area contributed by atoms with Gasteiger partial charge in [-0.15, -0.1) is 0 Å². The molecule has 5 nitrogen and oxygen atoms in total. The highest BCUT2D eigenvalue weighted by Crippen LogP contribution is 2.55. The quantitative estimate of drug-likeness (QED) is 0.597. The van der Waals surface area contributed by atoms with E-state index in [1.54, 1.807) is 6.92 Å². The second kappa shape index (κ2) is 8.50. The number of ether oxygens (including phenoxy) is 2. The Bertz CT molecular complexity index is 1100. The third kappa shape index (κ3) is 3.44. The molecule has 5 heteroatoms. The van der Waals surface area contributed by atoms with Gasteiger partial charge in [0.2, 0.25) is 0 Å². The number of hydrogen-bond acceptors (Lipinski definition) is 4. The average molecular weight is 428 g/mol. The zero-order chi connectivity index (χ0) is 22.1. The molecule has 0 saturated carbocycles. The van der Waals surface area contributed by atoms with E-state index in [2.05, 4.69) is 29.6 Å². The van der Waals surface area contributed by atoms with Crippen molar-refractivity contribution in [3.8, 4) is 0 Å². The van der Waals surface area contributed by atoms with Crippen LogP contribution in [0.3, 0.4) is 0 Å². The van der Waals surface area contributed by atoms with E-state index in [-0.39, 0.29) is 24.4 Å². The first-order valence-corrected chi connectivity index (χ1v) is 11.0. The maximum Gasteiger partial charge on any atom is 0.407 e. The fourth-order valence-corrected chi connectivity index (χ4v) is 5.27. The van der Waals surface area contributed by atoms with Gasteiger partial charge in [-0.05, 0) is 34.7 Å². The number of benzene rings is 3. The van der Waals surface area contributed by atoms with Crippen LogP contribution in [0.2, 0.25) is 0 Å². The number of amides is 1. The van der Waals surface area contributed by atoms with Crippen LogP contribution in [0.5, 0.6) is 0 Å². The van der Waals surface area contributed by atoms with Gasteiger partial charge in [-0.3, -0.25) is 4.79 Å². The van der Waals surface area contributed by atoms with Crippen LogP contribution in [-0.4, -0.2) is 24.7 Å². The summed E-state index contributed by atoms with van der Waals surface area (Å²) in [4.78, 5) is 26.0. The molecule has 3 aromatic carbocycles. The number of fused-ring (bicyclic) bond motifs is 1. The molecule has 0 aliphatic heterocycles. The fourth-order valence-electron chi connectivity index (χ4n) is 5.27. The molecule has 0 aromatic heterocycles. The Hall–Kier alpha value is -3.60. The van der Waals surface area contributed by atoms with E-state index in [0.29, 0.717) is 6.61 Å². The van der Waals surface area contributed by atoms with E-state index in [9.17, 15) is 9.59 Å². The first-order chi connectivity index (χ1) is 15.7. The lowest BCUT2D eigenvalue weighted by Crippen LogP contribution is -2.55. The van der Waals surface area contributed by atoms with Crippen molar-refractivity contribution < 1.29 is 19.1 Å². The van der Waals surface area contributed by atoms with Crippen molar-refractivity contribution in [1.29, 1.82) is 0 Å². The van der Waals surface area contributed by atoms with Crippen molar-refractivity contribution in [1.82, 2.24) is 5.32 Å². The summed E-state index contributed by atoms with van der Waals surface area (Å²) in [5, 5.41) is 3.03. The summed E-state index contributed by atoms with van der Waals surface area (Å²) in [6.45, 7) is 2.27. The normalized spacial score (nSPS) is 22.4. The van der Waals surface area contributed by atoms with E-state index in [1.165, 1.54) is 0 Å². The van der Waals surface area contributed by atoms with Crippen molar-refractivity contribution in [2.45, 2.75) is 31.4 Å². The Labute approximate surface area is 187 Å². The molecule has 3 aliphatic carbocycles. The third-order valence-electron chi connectivity index (χ3n) is 6.49. The maximum atomic E-state index is 13.2. The molecule has 0 fully saturated rings. The highest BCUT2D eigenvalue weighted by atomic mass is 16.5. The van der Waals surface area contributed by atoms with Crippen molar-refractivity contribution in [2.75, 3.05) is 6.61 Å². The lowest BCUT2D eigenvalue weighted by molar-refractivity contribution is -0.150. The molecular formula is C27H25NO4. The van der Waals surface area contributed by atoms with E-state index in [0.717, 1.165) is 27.8 Å². The standard InChI is InChI=1S/C27H25NO4/c1-2-31-26(29)24-22-18-12-6-8-14-20(18)23(21-15-9-7-13-19(21)22)25(24)28-27(30)32-16-17-10-4-3-5-11-17/h3-15,22-25H,2,16H2,1H3,(H,28,30)/t22-,23-,24?,25?. The summed E-state index contributed by atoms with van der Waals surface area (Å²) >= 11 is 0. The number of esters is 1. The van der Waals surface area contributed by atoms with Gasteiger partial charge in [0.25, 0.3) is 0 Å². The summed E-state index contributed by atoms with van der Waals surface area (Å²) < 4.78 is 11.0. The molecule has 2 bridgehead atoms. The van der Waals surface area contributed by atoms with E-state index >= 15 is 0 Å². The summed E-state index contributed by atoms with van der Waals surface area (Å²) in [5.74, 6) is -1.13. The number of carbonyl (C=O) groups is 2. The SMILES string of the molecule is CCOC(=O)C1C(NC(=O)OCc2ccccc2)[C@H]2c3ccccc3[C@H]1c1ccccc12. The molecule has 0 saturated heterocycles. The molecule has 3 aromatic rings. The highest BCUT2D eigenvalue weighted by Gasteiger charge is 2.53. The molecule has 0 radical (unpaired) electrons. The Morgan fingerprint density at radius 3 is 1.84 bits per heavy atom. The zero-order valence-corrected chi connectivity index (χ0v) is 17.9. The van der Waals surface area contributed by atoms with Gasteiger partial charge in [0, 0.05) is 11.8 Å². The molecule has 2 unspecified atom stereocenters. The lowest BCUT2D eigenvalue weighted by Gasteiger charge is -2.49. The monoisotopic (exact) mass is 427 g/mol. The van der Waals surface area contributed by atoms with Crippen molar-refractivity contribution in [2.24, 2.45) is 5.92 Å². The van der Waals surface area contributed by atoms with Gasteiger partial charge in [0.1, 0.15) is 6.61 Å². The second-order valence-electron chi connectivity index (χ2n) is 8.22. The Balaban J connectivity index is 1.50. The van der Waals surface area contributed by atoms with Gasteiger partial charge >= 0.3 is 12.1 Å². The lowest BCUT2D eigenvalue weighted by atomic mass is 9.56. The van der Waals surface area contributed by atoms with Crippen LogP contribution in [0.25, 0.3) is 0 Å². The fraction of sp³-hybridized carbons (Fsp3) is 0.259. The minimum absolute atomic E-state index is 0.147. The minimum atomic E-state index is -0.532. The summed E-state index contributed by atoms with van der Waals surface area (Å²) in [6, 6.07) is 25.4. The molecule has 32 heavy (non-hydrogen) atoms. The molecule has 2 atom stereocenters. The molecule has 162 valence electrons. The molecule has 0 heterocycles. The largest absolute Gasteiger partial charge is 0.466 e. The van der Waals surface area contributed by atoms with Crippen LogP contribution in [0, 0.1) is 5.92 Å². The first-order valence-electron chi connectivity index (χ1n) is 11.0. The summed E-state index contributed by atoms with van der Waals surface area (Å²) in [5.41, 5.74) is 5.45. The van der Waals surface area contributed by atoms with Gasteiger partial charge in [-0.2, -0.15) is 0 Å². The molecular weight excluding hydrogens is 402 g/mol. The predicted octanol–water partition coefficient (Wildman–Crippen LogP) is 4.75. The van der Waals surface area contributed by atoms with Crippen molar-refractivity contribution in [3.05, 3.63) is 107 Å². The molecule has 6 rings (SSSR count). The van der Waals surface area contributed by atoms with Crippen molar-refractivity contribution in [3.63, 3.8) is 0 Å². The Kier molecular flexibility index (Phi) is 5.39.